The average Bonchev–Trinajstić information content (AvgIpc) is 2.72. The van der Waals surface area contributed by atoms with Crippen LogP contribution in [0.3, 0.4) is 0 Å². The van der Waals surface area contributed by atoms with Crippen LogP contribution in [0.4, 0.5) is 10.6 Å². The summed E-state index contributed by atoms with van der Waals surface area (Å²) in [5, 5.41) is 13.4. The molecule has 0 atom stereocenters. The van der Waals surface area contributed by atoms with E-state index in [1.54, 1.807) is 9.58 Å². The molecule has 0 aromatic carbocycles. The number of carbonyl (C=O) groups is 1. The molecule has 1 fully saturated rings. The Labute approximate surface area is 130 Å². The third-order valence-corrected chi connectivity index (χ3v) is 3.72. The number of nitriles is 1. The molecule has 22 heavy (non-hydrogen) atoms. The molecule has 0 bridgehead atoms. The number of nitrogens with two attached hydrogens (primary N) is 1. The fourth-order valence-electron chi connectivity index (χ4n) is 2.54. The molecule has 1 aromatic rings. The Morgan fingerprint density at radius 3 is 2.64 bits per heavy atom. The average molecular weight is 305 g/mol. The number of carbonyl (C=O) groups excluding carboxylic acids is 1. The zero-order chi connectivity index (χ0) is 16.5. The molecule has 1 aromatic heterocycles. The number of aromatic nitrogens is 2. The van der Waals surface area contributed by atoms with E-state index in [0.29, 0.717) is 18.9 Å². The molecule has 1 aliphatic rings. The zero-order valence-electron chi connectivity index (χ0n) is 13.6. The lowest BCUT2D eigenvalue weighted by Crippen LogP contribution is -2.64. The van der Waals surface area contributed by atoms with E-state index in [9.17, 15) is 4.79 Å². The fraction of sp³-hybridized carbons (Fsp3) is 0.667. The highest BCUT2D eigenvalue weighted by Gasteiger charge is 2.49. The normalized spacial score (nSPS) is 16.8. The number of hydrogen-bond donors (Lipinski definition) is 1. The van der Waals surface area contributed by atoms with Gasteiger partial charge in [-0.25, -0.2) is 4.79 Å². The Kier molecular flexibility index (Phi) is 4.05. The lowest BCUT2D eigenvalue weighted by atomic mass is 9.87. The van der Waals surface area contributed by atoms with Crippen LogP contribution >= 0.6 is 0 Å². The van der Waals surface area contributed by atoms with Gasteiger partial charge in [-0.2, -0.15) is 10.4 Å². The second-order valence-electron chi connectivity index (χ2n) is 6.73. The second kappa shape index (κ2) is 5.52. The number of likely N-dealkylation sites (tertiary alicyclic amines) is 1. The van der Waals surface area contributed by atoms with Gasteiger partial charge in [0.1, 0.15) is 17.0 Å². The molecule has 1 amide bonds. The number of nitrogen functional groups attached to an aromatic ring is 1. The maximum atomic E-state index is 12.1. The van der Waals surface area contributed by atoms with Crippen molar-refractivity contribution in [3.05, 3.63) is 11.8 Å². The molecule has 1 aliphatic heterocycles. The topological polar surface area (TPSA) is 97.2 Å². The maximum Gasteiger partial charge on any atom is 0.410 e. The van der Waals surface area contributed by atoms with Gasteiger partial charge in [0.25, 0.3) is 0 Å². The van der Waals surface area contributed by atoms with Crippen LogP contribution < -0.4 is 5.73 Å². The van der Waals surface area contributed by atoms with Crippen LogP contribution in [0.25, 0.3) is 0 Å². The minimum atomic E-state index is -0.532. The van der Waals surface area contributed by atoms with E-state index >= 15 is 0 Å². The van der Waals surface area contributed by atoms with Crippen LogP contribution in [0, 0.1) is 11.3 Å². The van der Waals surface area contributed by atoms with Gasteiger partial charge in [0.2, 0.25) is 0 Å². The summed E-state index contributed by atoms with van der Waals surface area (Å²) in [6.45, 7) is 8.29. The summed E-state index contributed by atoms with van der Waals surface area (Å²) in [5.74, 6) is 0.482. The number of amides is 1. The van der Waals surface area contributed by atoms with Crippen molar-refractivity contribution < 1.29 is 9.53 Å². The first-order chi connectivity index (χ1) is 10.2. The Bertz CT molecular complexity index is 602. The molecule has 0 aliphatic carbocycles. The van der Waals surface area contributed by atoms with Gasteiger partial charge in [0, 0.05) is 11.8 Å². The molecule has 7 nitrogen and oxygen atoms in total. The van der Waals surface area contributed by atoms with Crippen LogP contribution in [0.1, 0.15) is 39.7 Å². The molecule has 2 N–H and O–H groups in total. The lowest BCUT2D eigenvalue weighted by molar-refractivity contribution is -0.0313. The minimum Gasteiger partial charge on any atom is -0.444 e. The number of aryl methyl sites for hydroxylation is 1. The first kappa shape index (κ1) is 16.1. The maximum absolute atomic E-state index is 12.1. The summed E-state index contributed by atoms with van der Waals surface area (Å²) in [4.78, 5) is 13.6. The molecule has 2 heterocycles. The zero-order valence-corrected chi connectivity index (χ0v) is 13.6. The Morgan fingerprint density at radius 1 is 1.55 bits per heavy atom. The highest BCUT2D eigenvalue weighted by molar-refractivity contribution is 5.69. The van der Waals surface area contributed by atoms with Gasteiger partial charge in [0.15, 0.2) is 0 Å². The van der Waals surface area contributed by atoms with Crippen molar-refractivity contribution in [1.82, 2.24) is 14.7 Å². The quantitative estimate of drug-likeness (QED) is 0.919. The van der Waals surface area contributed by atoms with Gasteiger partial charge in [-0.1, -0.05) is 6.92 Å². The lowest BCUT2D eigenvalue weighted by Gasteiger charge is -2.48. The molecular formula is C15H23N5O2. The van der Waals surface area contributed by atoms with Gasteiger partial charge in [0.05, 0.1) is 25.6 Å². The number of ether oxygens (including phenoxy) is 1. The van der Waals surface area contributed by atoms with Gasteiger partial charge in [-0.15, -0.1) is 0 Å². The molecule has 120 valence electrons. The van der Waals surface area contributed by atoms with E-state index in [1.165, 1.54) is 0 Å². The smallest absolute Gasteiger partial charge is 0.410 e. The van der Waals surface area contributed by atoms with Gasteiger partial charge in [-0.05, 0) is 27.2 Å². The molecular weight excluding hydrogens is 282 g/mol. The SMILES string of the molecule is CCc1cn(C2(CC#N)CN(C(=O)OC(C)(C)C)C2)nc1N. The molecule has 2 rings (SSSR count). The summed E-state index contributed by atoms with van der Waals surface area (Å²) < 4.78 is 7.09. The predicted octanol–water partition coefficient (Wildman–Crippen LogP) is 1.89. The molecule has 0 spiro atoms. The van der Waals surface area contributed by atoms with Crippen molar-refractivity contribution in [1.29, 1.82) is 5.26 Å². The Hall–Kier alpha value is -2.23. The highest BCUT2D eigenvalue weighted by Crippen LogP contribution is 2.34. The van der Waals surface area contributed by atoms with E-state index < -0.39 is 11.1 Å². The van der Waals surface area contributed by atoms with Gasteiger partial charge in [-0.3, -0.25) is 4.68 Å². The predicted molar refractivity (Wildman–Crippen MR) is 82.0 cm³/mol. The third-order valence-electron chi connectivity index (χ3n) is 3.72. The number of anilines is 1. The van der Waals surface area contributed by atoms with Crippen LogP contribution in [-0.2, 0) is 16.7 Å². The van der Waals surface area contributed by atoms with Crippen LogP contribution in [0.15, 0.2) is 6.20 Å². The fourth-order valence-corrected chi connectivity index (χ4v) is 2.54. The molecule has 1 saturated heterocycles. The summed E-state index contributed by atoms with van der Waals surface area (Å²) in [6.07, 6.45) is 2.57. The summed E-state index contributed by atoms with van der Waals surface area (Å²) in [7, 11) is 0. The first-order valence-electron chi connectivity index (χ1n) is 7.40. The van der Waals surface area contributed by atoms with E-state index in [0.717, 1.165) is 12.0 Å². The van der Waals surface area contributed by atoms with Crippen LogP contribution in [0.5, 0.6) is 0 Å². The van der Waals surface area contributed by atoms with Crippen LogP contribution in [0.2, 0.25) is 0 Å². The summed E-state index contributed by atoms with van der Waals surface area (Å²) >= 11 is 0. The van der Waals surface area contributed by atoms with Gasteiger partial charge < -0.3 is 15.4 Å². The van der Waals surface area contributed by atoms with E-state index in [-0.39, 0.29) is 12.5 Å². The van der Waals surface area contributed by atoms with E-state index in [1.807, 2.05) is 33.9 Å². The highest BCUT2D eigenvalue weighted by atomic mass is 16.6. The van der Waals surface area contributed by atoms with Crippen molar-refractivity contribution in [2.45, 2.75) is 51.7 Å². The molecule has 0 unspecified atom stereocenters. The van der Waals surface area contributed by atoms with Crippen molar-refractivity contribution in [2.75, 3.05) is 18.8 Å². The van der Waals surface area contributed by atoms with Crippen molar-refractivity contribution >= 4 is 11.9 Å². The number of hydrogen-bond acceptors (Lipinski definition) is 5. The molecule has 7 heteroatoms. The Morgan fingerprint density at radius 2 is 2.18 bits per heavy atom. The number of nitrogens with zero attached hydrogens (tertiary/aromatic N) is 4. The van der Waals surface area contributed by atoms with Crippen molar-refractivity contribution in [2.24, 2.45) is 0 Å². The summed E-state index contributed by atoms with van der Waals surface area (Å²) in [5.41, 5.74) is 5.79. The van der Waals surface area contributed by atoms with Crippen LogP contribution in [-0.4, -0.2) is 39.5 Å². The van der Waals surface area contributed by atoms with Gasteiger partial charge >= 0.3 is 6.09 Å². The minimum absolute atomic E-state index is 0.274. The number of rotatable bonds is 3. The second-order valence-corrected chi connectivity index (χ2v) is 6.73. The van der Waals surface area contributed by atoms with Crippen molar-refractivity contribution in [3.63, 3.8) is 0 Å². The largest absolute Gasteiger partial charge is 0.444 e. The van der Waals surface area contributed by atoms with E-state index in [2.05, 4.69) is 11.2 Å². The summed E-state index contributed by atoms with van der Waals surface area (Å²) in [6, 6.07) is 2.18. The molecule has 0 saturated carbocycles. The van der Waals surface area contributed by atoms with Crippen molar-refractivity contribution in [3.8, 4) is 6.07 Å². The standard InChI is InChI=1S/C15H23N5O2/c1-5-11-8-20(18-12(11)17)15(6-7-16)9-19(10-15)13(21)22-14(2,3)4/h8H,5-6,9-10H2,1-4H3,(H2,17,18). The first-order valence-corrected chi connectivity index (χ1v) is 7.40. The Balaban J connectivity index is 2.14. The monoisotopic (exact) mass is 305 g/mol. The third kappa shape index (κ3) is 3.01. The molecule has 0 radical (unpaired) electrons. The van der Waals surface area contributed by atoms with E-state index in [4.69, 9.17) is 15.7 Å².